The number of quaternary nitrogens is 1. The van der Waals surface area contributed by atoms with Crippen molar-refractivity contribution >= 4 is 17.0 Å². The molecular formula is C19H28N3O3+. The maximum Gasteiger partial charge on any atom is 0.419 e. The highest BCUT2D eigenvalue weighted by atomic mass is 16.4. The van der Waals surface area contributed by atoms with Crippen LogP contribution in [0.25, 0.3) is 11.1 Å². The van der Waals surface area contributed by atoms with Gasteiger partial charge in [0.1, 0.15) is 0 Å². The number of amides is 1. The summed E-state index contributed by atoms with van der Waals surface area (Å²) in [4.78, 5) is 25.6. The number of benzene rings is 1. The van der Waals surface area contributed by atoms with Crippen LogP contribution in [0.1, 0.15) is 39.0 Å². The molecule has 0 radical (unpaired) electrons. The lowest BCUT2D eigenvalue weighted by molar-refractivity contribution is -0.928. The van der Waals surface area contributed by atoms with Gasteiger partial charge < -0.3 is 14.6 Å². The Labute approximate surface area is 147 Å². The summed E-state index contributed by atoms with van der Waals surface area (Å²) in [6.45, 7) is 5.74. The summed E-state index contributed by atoms with van der Waals surface area (Å²) in [5.41, 5.74) is 1.30. The predicted molar refractivity (Wildman–Crippen MR) is 96.7 cm³/mol. The lowest BCUT2D eigenvalue weighted by Gasteiger charge is -2.30. The molecule has 0 bridgehead atoms. The first-order chi connectivity index (χ1) is 12.1. The summed E-state index contributed by atoms with van der Waals surface area (Å²) in [5, 5.41) is 2.97. The Kier molecular flexibility index (Phi) is 5.91. The van der Waals surface area contributed by atoms with Gasteiger partial charge in [0.2, 0.25) is 5.91 Å². The zero-order valence-corrected chi connectivity index (χ0v) is 14.9. The number of aryl methyl sites for hydroxylation is 1. The summed E-state index contributed by atoms with van der Waals surface area (Å²) >= 11 is 0. The van der Waals surface area contributed by atoms with Crippen molar-refractivity contribution in [1.82, 2.24) is 9.88 Å². The summed E-state index contributed by atoms with van der Waals surface area (Å²) in [6, 6.07) is 8.02. The van der Waals surface area contributed by atoms with E-state index in [9.17, 15) is 9.59 Å². The Morgan fingerprint density at radius 1 is 1.36 bits per heavy atom. The van der Waals surface area contributed by atoms with Crippen LogP contribution in [0.15, 0.2) is 33.5 Å². The maximum absolute atomic E-state index is 12.0. The fraction of sp³-hybridized carbons (Fsp3) is 0.579. The second kappa shape index (κ2) is 8.34. The van der Waals surface area contributed by atoms with Gasteiger partial charge in [0.15, 0.2) is 5.58 Å². The normalized spacial score (nSPS) is 20.7. The highest BCUT2D eigenvalue weighted by Gasteiger charge is 2.20. The summed E-state index contributed by atoms with van der Waals surface area (Å²) < 4.78 is 6.70. The van der Waals surface area contributed by atoms with E-state index in [0.717, 1.165) is 24.5 Å². The SMILES string of the molecule is C[C@@H]1CCCC[NH+]1CCCNC(=O)CCn1c(=O)oc2ccccc21. The van der Waals surface area contributed by atoms with Crippen LogP contribution in [0.2, 0.25) is 0 Å². The van der Waals surface area contributed by atoms with Crippen LogP contribution in [0.3, 0.4) is 0 Å². The third kappa shape index (κ3) is 4.51. The van der Waals surface area contributed by atoms with Crippen molar-refractivity contribution < 1.29 is 14.1 Å². The second-order valence-corrected chi connectivity index (χ2v) is 7.00. The van der Waals surface area contributed by atoms with Gasteiger partial charge in [0.05, 0.1) is 24.6 Å². The van der Waals surface area contributed by atoms with Gasteiger partial charge in [-0.05, 0) is 38.3 Å². The van der Waals surface area contributed by atoms with E-state index < -0.39 is 5.76 Å². The van der Waals surface area contributed by atoms with Crippen molar-refractivity contribution in [2.75, 3.05) is 19.6 Å². The van der Waals surface area contributed by atoms with Crippen LogP contribution >= 0.6 is 0 Å². The molecule has 6 nitrogen and oxygen atoms in total. The average Bonchev–Trinajstić information content (AvgIpc) is 2.93. The van der Waals surface area contributed by atoms with Crippen molar-refractivity contribution in [2.24, 2.45) is 0 Å². The third-order valence-corrected chi connectivity index (χ3v) is 5.21. The molecule has 0 spiro atoms. The molecule has 1 saturated heterocycles. The zero-order valence-electron chi connectivity index (χ0n) is 14.9. The number of aromatic nitrogens is 1. The van der Waals surface area contributed by atoms with Crippen LogP contribution in [-0.2, 0) is 11.3 Å². The van der Waals surface area contributed by atoms with E-state index in [0.29, 0.717) is 18.7 Å². The highest BCUT2D eigenvalue weighted by molar-refractivity contribution is 5.76. The molecule has 3 rings (SSSR count). The number of carbonyl (C=O) groups is 1. The van der Waals surface area contributed by atoms with Crippen molar-refractivity contribution in [3.8, 4) is 0 Å². The zero-order chi connectivity index (χ0) is 17.6. The number of likely N-dealkylation sites (tertiary alicyclic amines) is 1. The molecule has 2 atom stereocenters. The van der Waals surface area contributed by atoms with E-state index in [1.165, 1.54) is 30.4 Å². The molecule has 1 aromatic heterocycles. The smallest absolute Gasteiger partial charge is 0.408 e. The van der Waals surface area contributed by atoms with E-state index in [1.807, 2.05) is 18.2 Å². The highest BCUT2D eigenvalue weighted by Crippen LogP contribution is 2.11. The largest absolute Gasteiger partial charge is 0.419 e. The second-order valence-electron chi connectivity index (χ2n) is 7.00. The number of para-hydroxylation sites is 2. The molecule has 25 heavy (non-hydrogen) atoms. The Morgan fingerprint density at radius 3 is 3.04 bits per heavy atom. The quantitative estimate of drug-likeness (QED) is 0.734. The average molecular weight is 346 g/mol. The van der Waals surface area contributed by atoms with E-state index in [4.69, 9.17) is 4.42 Å². The Hall–Kier alpha value is -2.08. The van der Waals surface area contributed by atoms with Crippen molar-refractivity contribution in [3.05, 3.63) is 34.8 Å². The number of nitrogens with zero attached hydrogens (tertiary/aromatic N) is 1. The molecule has 2 heterocycles. The molecule has 1 unspecified atom stereocenters. The lowest BCUT2D eigenvalue weighted by Crippen LogP contribution is -3.16. The van der Waals surface area contributed by atoms with Crippen LogP contribution in [0.4, 0.5) is 0 Å². The van der Waals surface area contributed by atoms with E-state index in [2.05, 4.69) is 12.2 Å². The molecule has 1 aromatic carbocycles. The van der Waals surface area contributed by atoms with Gasteiger partial charge in [-0.2, -0.15) is 0 Å². The summed E-state index contributed by atoms with van der Waals surface area (Å²) in [7, 11) is 0. The van der Waals surface area contributed by atoms with Gasteiger partial charge in [-0.1, -0.05) is 12.1 Å². The molecule has 1 amide bonds. The molecule has 2 N–H and O–H groups in total. The molecule has 136 valence electrons. The third-order valence-electron chi connectivity index (χ3n) is 5.21. The molecule has 1 aliphatic heterocycles. The van der Waals surface area contributed by atoms with Gasteiger partial charge in [-0.25, -0.2) is 4.79 Å². The van der Waals surface area contributed by atoms with Gasteiger partial charge in [0.25, 0.3) is 0 Å². The number of rotatable bonds is 7. The number of fused-ring (bicyclic) bond motifs is 1. The standard InChI is InChI=1S/C19H27N3O3/c1-15-7-4-5-12-21(15)13-6-11-20-18(23)10-14-22-16-8-2-3-9-17(16)25-19(22)24/h2-3,8-9,15H,4-7,10-14H2,1H3,(H,20,23)/p+1/t15-/m1/s1. The predicted octanol–water partition coefficient (Wildman–Crippen LogP) is 0.948. The fourth-order valence-corrected chi connectivity index (χ4v) is 3.70. The van der Waals surface area contributed by atoms with E-state index in [-0.39, 0.29) is 12.3 Å². The number of hydrogen-bond donors (Lipinski definition) is 2. The monoisotopic (exact) mass is 346 g/mol. The van der Waals surface area contributed by atoms with Gasteiger partial charge in [-0.3, -0.25) is 9.36 Å². The first-order valence-corrected chi connectivity index (χ1v) is 9.35. The van der Waals surface area contributed by atoms with Crippen molar-refractivity contribution in [2.45, 2.75) is 51.6 Å². The first kappa shape index (κ1) is 17.7. The molecule has 1 aliphatic rings. The van der Waals surface area contributed by atoms with Crippen molar-refractivity contribution in [1.29, 1.82) is 0 Å². The van der Waals surface area contributed by atoms with Crippen LogP contribution in [0.5, 0.6) is 0 Å². The molecule has 0 aliphatic carbocycles. The van der Waals surface area contributed by atoms with E-state index >= 15 is 0 Å². The van der Waals surface area contributed by atoms with E-state index in [1.54, 1.807) is 11.0 Å². The minimum Gasteiger partial charge on any atom is -0.408 e. The molecule has 0 saturated carbocycles. The van der Waals surface area contributed by atoms with Gasteiger partial charge in [0, 0.05) is 25.9 Å². The molecule has 6 heteroatoms. The molecule has 2 aromatic rings. The Bertz CT molecular complexity index is 765. The maximum atomic E-state index is 12.0. The van der Waals surface area contributed by atoms with Gasteiger partial charge >= 0.3 is 5.76 Å². The van der Waals surface area contributed by atoms with Crippen LogP contribution < -0.4 is 16.0 Å². The number of hydrogen-bond acceptors (Lipinski definition) is 3. The fourth-order valence-electron chi connectivity index (χ4n) is 3.70. The number of piperidine rings is 1. The minimum absolute atomic E-state index is 0.0149. The Morgan fingerprint density at radius 2 is 2.20 bits per heavy atom. The first-order valence-electron chi connectivity index (χ1n) is 9.35. The Balaban J connectivity index is 1.41. The van der Waals surface area contributed by atoms with Crippen molar-refractivity contribution in [3.63, 3.8) is 0 Å². The van der Waals surface area contributed by atoms with Gasteiger partial charge in [-0.15, -0.1) is 0 Å². The number of carbonyl (C=O) groups excluding carboxylic acids is 1. The van der Waals surface area contributed by atoms with Crippen LogP contribution in [0, 0.1) is 0 Å². The topological polar surface area (TPSA) is 68.7 Å². The molecular weight excluding hydrogens is 318 g/mol. The summed E-state index contributed by atoms with van der Waals surface area (Å²) in [6.07, 6.45) is 5.27. The number of oxazole rings is 1. The number of nitrogens with one attached hydrogen (secondary N) is 2. The molecule has 1 fully saturated rings. The lowest BCUT2D eigenvalue weighted by atomic mass is 10.0. The minimum atomic E-state index is -0.406. The van der Waals surface area contributed by atoms with Crippen LogP contribution in [-0.4, -0.2) is 36.2 Å². The summed E-state index contributed by atoms with van der Waals surface area (Å²) in [5.74, 6) is -0.421.